The van der Waals surface area contributed by atoms with Crippen molar-refractivity contribution in [3.8, 4) is 0 Å². The van der Waals surface area contributed by atoms with Gasteiger partial charge in [0.25, 0.3) is 0 Å². The minimum absolute atomic E-state index is 0.00646. The van der Waals surface area contributed by atoms with Crippen LogP contribution in [-0.4, -0.2) is 41.3 Å². The van der Waals surface area contributed by atoms with Crippen LogP contribution in [0.15, 0.2) is 12.2 Å². The predicted molar refractivity (Wildman–Crippen MR) is 63.8 cm³/mol. The summed E-state index contributed by atoms with van der Waals surface area (Å²) in [4.78, 5) is 11.1. The lowest BCUT2D eigenvalue weighted by atomic mass is 10.0. The van der Waals surface area contributed by atoms with Crippen LogP contribution >= 0.6 is 0 Å². The normalized spacial score (nSPS) is 38.8. The van der Waals surface area contributed by atoms with Crippen molar-refractivity contribution in [1.82, 2.24) is 0 Å². The number of ether oxygens (including phenoxy) is 3. The van der Waals surface area contributed by atoms with Gasteiger partial charge in [-0.2, -0.15) is 0 Å². The number of rotatable bonds is 3. The van der Waals surface area contributed by atoms with Gasteiger partial charge in [-0.3, -0.25) is 0 Å². The van der Waals surface area contributed by atoms with Crippen molar-refractivity contribution >= 4 is 5.97 Å². The van der Waals surface area contributed by atoms with Crippen LogP contribution < -0.4 is 0 Å². The number of esters is 1. The Labute approximate surface area is 107 Å². The molecule has 1 fully saturated rings. The summed E-state index contributed by atoms with van der Waals surface area (Å²) in [7, 11) is 0. The van der Waals surface area contributed by atoms with Crippen molar-refractivity contribution in [3.05, 3.63) is 12.2 Å². The van der Waals surface area contributed by atoms with Gasteiger partial charge < -0.3 is 19.3 Å². The lowest BCUT2D eigenvalue weighted by molar-refractivity contribution is -0.153. The van der Waals surface area contributed by atoms with Gasteiger partial charge in [0, 0.05) is 6.08 Å². The quantitative estimate of drug-likeness (QED) is 0.767. The number of cyclic esters (lactones) is 1. The molecule has 0 unspecified atom stereocenters. The third-order valence-corrected chi connectivity index (χ3v) is 3.24. The molecule has 0 aromatic heterocycles. The SMILES string of the molecule is C[C@@H]1OC(C)(C)O[C@H]1CC[C@@H]1OC(=O)C=C[C@H]1O. The third kappa shape index (κ3) is 3.10. The Morgan fingerprint density at radius 1 is 1.28 bits per heavy atom. The molecule has 0 saturated carbocycles. The van der Waals surface area contributed by atoms with E-state index in [1.165, 1.54) is 12.2 Å². The molecule has 0 bridgehead atoms. The van der Waals surface area contributed by atoms with E-state index in [0.717, 1.165) is 0 Å². The Morgan fingerprint density at radius 2 is 1.94 bits per heavy atom. The van der Waals surface area contributed by atoms with E-state index < -0.39 is 24.0 Å². The second-order valence-electron chi connectivity index (χ2n) is 5.28. The van der Waals surface area contributed by atoms with E-state index in [0.29, 0.717) is 12.8 Å². The summed E-state index contributed by atoms with van der Waals surface area (Å²) in [6, 6.07) is 0. The van der Waals surface area contributed by atoms with Gasteiger partial charge in [-0.05, 0) is 39.7 Å². The van der Waals surface area contributed by atoms with Crippen molar-refractivity contribution in [3.63, 3.8) is 0 Å². The highest BCUT2D eigenvalue weighted by molar-refractivity contribution is 5.83. The number of carbonyl (C=O) groups excluding carboxylic acids is 1. The van der Waals surface area contributed by atoms with Gasteiger partial charge in [0.05, 0.1) is 12.2 Å². The Kier molecular flexibility index (Phi) is 3.75. The zero-order valence-corrected chi connectivity index (χ0v) is 11.0. The molecule has 18 heavy (non-hydrogen) atoms. The summed E-state index contributed by atoms with van der Waals surface area (Å²) in [5.41, 5.74) is 0. The van der Waals surface area contributed by atoms with Gasteiger partial charge in [-0.1, -0.05) is 0 Å². The zero-order valence-electron chi connectivity index (χ0n) is 11.0. The summed E-state index contributed by atoms with van der Waals surface area (Å²) in [5, 5.41) is 9.69. The maximum absolute atomic E-state index is 11.1. The maximum atomic E-state index is 11.1. The molecule has 0 aromatic carbocycles. The molecule has 5 heteroatoms. The molecule has 2 heterocycles. The molecular weight excluding hydrogens is 236 g/mol. The molecule has 2 rings (SSSR count). The van der Waals surface area contributed by atoms with Crippen molar-refractivity contribution in [1.29, 1.82) is 0 Å². The topological polar surface area (TPSA) is 65.0 Å². The first-order chi connectivity index (χ1) is 8.37. The molecule has 0 spiro atoms. The molecule has 2 aliphatic heterocycles. The molecule has 0 aromatic rings. The van der Waals surface area contributed by atoms with Crippen LogP contribution in [0.25, 0.3) is 0 Å². The van der Waals surface area contributed by atoms with E-state index in [1.807, 2.05) is 20.8 Å². The highest BCUT2D eigenvalue weighted by atomic mass is 16.7. The summed E-state index contributed by atoms with van der Waals surface area (Å²) >= 11 is 0. The fourth-order valence-corrected chi connectivity index (χ4v) is 2.42. The molecular formula is C13H20O5. The number of hydrogen-bond donors (Lipinski definition) is 1. The van der Waals surface area contributed by atoms with Crippen molar-refractivity contribution in [2.24, 2.45) is 0 Å². The van der Waals surface area contributed by atoms with E-state index >= 15 is 0 Å². The fraction of sp³-hybridized carbons (Fsp3) is 0.769. The molecule has 5 nitrogen and oxygen atoms in total. The Bertz CT molecular complexity index is 349. The number of carbonyl (C=O) groups is 1. The van der Waals surface area contributed by atoms with Crippen LogP contribution in [0, 0.1) is 0 Å². The number of aliphatic hydroxyl groups is 1. The van der Waals surface area contributed by atoms with E-state index in [2.05, 4.69) is 0 Å². The summed E-state index contributed by atoms with van der Waals surface area (Å²) in [5.74, 6) is -0.964. The molecule has 0 aliphatic carbocycles. The number of aliphatic hydroxyl groups excluding tert-OH is 1. The smallest absolute Gasteiger partial charge is 0.330 e. The van der Waals surface area contributed by atoms with Crippen LogP contribution in [0.3, 0.4) is 0 Å². The average molecular weight is 256 g/mol. The van der Waals surface area contributed by atoms with Crippen LogP contribution in [-0.2, 0) is 19.0 Å². The second kappa shape index (κ2) is 4.99. The Hall–Kier alpha value is -0.910. The van der Waals surface area contributed by atoms with Crippen LogP contribution in [0.1, 0.15) is 33.6 Å². The molecule has 1 N–H and O–H groups in total. The minimum atomic E-state index is -0.728. The van der Waals surface area contributed by atoms with Crippen molar-refractivity contribution in [2.45, 2.75) is 63.8 Å². The van der Waals surface area contributed by atoms with Gasteiger partial charge in [-0.25, -0.2) is 4.79 Å². The highest BCUT2D eigenvalue weighted by Crippen LogP contribution is 2.31. The van der Waals surface area contributed by atoms with Crippen LogP contribution in [0.5, 0.6) is 0 Å². The molecule has 2 aliphatic rings. The molecule has 102 valence electrons. The van der Waals surface area contributed by atoms with Gasteiger partial charge in [0.1, 0.15) is 12.2 Å². The summed E-state index contributed by atoms with van der Waals surface area (Å²) in [6.45, 7) is 5.71. The average Bonchev–Trinajstić information content (AvgIpc) is 2.53. The summed E-state index contributed by atoms with van der Waals surface area (Å²) in [6.07, 6.45) is 2.73. The third-order valence-electron chi connectivity index (χ3n) is 3.24. The molecule has 0 radical (unpaired) electrons. The Balaban J connectivity index is 1.85. The maximum Gasteiger partial charge on any atom is 0.330 e. The summed E-state index contributed by atoms with van der Waals surface area (Å²) < 4.78 is 16.5. The van der Waals surface area contributed by atoms with E-state index in [1.54, 1.807) is 0 Å². The number of hydrogen-bond acceptors (Lipinski definition) is 5. The molecule has 4 atom stereocenters. The van der Waals surface area contributed by atoms with E-state index in [4.69, 9.17) is 14.2 Å². The predicted octanol–water partition coefficient (Wildman–Crippen LogP) is 1.15. The van der Waals surface area contributed by atoms with E-state index in [9.17, 15) is 9.90 Å². The van der Waals surface area contributed by atoms with Crippen molar-refractivity contribution < 1.29 is 24.1 Å². The van der Waals surface area contributed by atoms with E-state index in [-0.39, 0.29) is 12.2 Å². The Morgan fingerprint density at radius 3 is 2.56 bits per heavy atom. The molecule has 0 amide bonds. The largest absolute Gasteiger partial charge is 0.456 e. The van der Waals surface area contributed by atoms with Crippen LogP contribution in [0.4, 0.5) is 0 Å². The first kappa shape index (κ1) is 13.5. The van der Waals surface area contributed by atoms with Gasteiger partial charge in [-0.15, -0.1) is 0 Å². The standard InChI is InChI=1S/C13H20O5/c1-8-10(18-13(2,3)17-8)5-6-11-9(14)4-7-12(15)16-11/h4,7-11,14H,5-6H2,1-3H3/t8-,9+,10-,11-/m0/s1. The fourth-order valence-electron chi connectivity index (χ4n) is 2.42. The minimum Gasteiger partial charge on any atom is -0.456 e. The van der Waals surface area contributed by atoms with Crippen molar-refractivity contribution in [2.75, 3.05) is 0 Å². The highest BCUT2D eigenvalue weighted by Gasteiger charge is 2.39. The lowest BCUT2D eigenvalue weighted by Crippen LogP contribution is -2.34. The first-order valence-corrected chi connectivity index (χ1v) is 6.30. The lowest BCUT2D eigenvalue weighted by Gasteiger charge is -2.25. The van der Waals surface area contributed by atoms with Gasteiger partial charge in [0.2, 0.25) is 0 Å². The monoisotopic (exact) mass is 256 g/mol. The van der Waals surface area contributed by atoms with Gasteiger partial charge >= 0.3 is 5.97 Å². The van der Waals surface area contributed by atoms with Crippen LogP contribution in [0.2, 0.25) is 0 Å². The van der Waals surface area contributed by atoms with Gasteiger partial charge in [0.15, 0.2) is 5.79 Å². The second-order valence-corrected chi connectivity index (χ2v) is 5.28. The first-order valence-electron chi connectivity index (χ1n) is 6.30. The zero-order chi connectivity index (χ0) is 13.3. The molecule has 1 saturated heterocycles.